The van der Waals surface area contributed by atoms with Crippen molar-refractivity contribution < 1.29 is 4.79 Å². The molecule has 3 rings (SSSR count). The van der Waals surface area contributed by atoms with Crippen LogP contribution in [0, 0.1) is 0 Å². The van der Waals surface area contributed by atoms with Crippen molar-refractivity contribution in [1.29, 1.82) is 0 Å². The molecule has 2 aromatic carbocycles. The molecule has 1 aromatic heterocycles. The SMILES string of the molecule is CCCCn1c(N)c(N(C)C(=O)C(c2ccccc2)c2ccccc2)c(=O)[nH]c1=O. The number of rotatable bonds is 7. The molecule has 0 unspecified atom stereocenters. The molecule has 0 bridgehead atoms. The number of nitrogens with two attached hydrogens (primary N) is 1. The minimum absolute atomic E-state index is 0.00655. The number of aromatic amines is 1. The Kier molecular flexibility index (Phi) is 6.51. The van der Waals surface area contributed by atoms with E-state index in [2.05, 4.69) is 4.98 Å². The second kappa shape index (κ2) is 9.26. The Balaban J connectivity index is 2.09. The lowest BCUT2D eigenvalue weighted by molar-refractivity contribution is -0.118. The largest absolute Gasteiger partial charge is 0.383 e. The van der Waals surface area contributed by atoms with Crippen molar-refractivity contribution in [3.05, 3.63) is 92.6 Å². The monoisotopic (exact) mass is 406 g/mol. The molecule has 7 nitrogen and oxygen atoms in total. The van der Waals surface area contributed by atoms with Crippen LogP contribution in [-0.4, -0.2) is 22.5 Å². The number of hydrogen-bond acceptors (Lipinski definition) is 4. The highest BCUT2D eigenvalue weighted by atomic mass is 16.2. The van der Waals surface area contributed by atoms with E-state index in [1.54, 1.807) is 0 Å². The quantitative estimate of drug-likeness (QED) is 0.630. The maximum Gasteiger partial charge on any atom is 0.330 e. The van der Waals surface area contributed by atoms with Crippen LogP contribution < -0.4 is 21.9 Å². The number of nitrogens with zero attached hydrogens (tertiary/aromatic N) is 2. The first-order valence-corrected chi connectivity index (χ1v) is 9.95. The summed E-state index contributed by atoms with van der Waals surface area (Å²) in [5.74, 6) is -0.939. The fourth-order valence-electron chi connectivity index (χ4n) is 3.51. The Bertz CT molecular complexity index is 1080. The third-order valence-electron chi connectivity index (χ3n) is 5.13. The van der Waals surface area contributed by atoms with Crippen molar-refractivity contribution in [2.75, 3.05) is 17.7 Å². The molecule has 0 aliphatic heterocycles. The first kappa shape index (κ1) is 21.1. The van der Waals surface area contributed by atoms with Crippen LogP contribution in [-0.2, 0) is 11.3 Å². The Morgan fingerprint density at radius 3 is 2.07 bits per heavy atom. The number of carbonyl (C=O) groups is 1. The molecule has 30 heavy (non-hydrogen) atoms. The number of aromatic nitrogens is 2. The van der Waals surface area contributed by atoms with Crippen molar-refractivity contribution in [1.82, 2.24) is 9.55 Å². The lowest BCUT2D eigenvalue weighted by Crippen LogP contribution is -2.41. The van der Waals surface area contributed by atoms with Crippen LogP contribution in [0.2, 0.25) is 0 Å². The van der Waals surface area contributed by atoms with E-state index in [4.69, 9.17) is 5.73 Å². The standard InChI is InChI=1S/C23H26N4O3/c1-3-4-15-27-20(24)19(21(28)25-23(27)30)26(2)22(29)18(16-11-7-5-8-12-16)17-13-9-6-10-14-17/h5-14,18H,3-4,15,24H2,1-2H3,(H,25,28,30). The maximum absolute atomic E-state index is 13.6. The van der Waals surface area contributed by atoms with Crippen molar-refractivity contribution in [3.8, 4) is 0 Å². The molecule has 0 saturated heterocycles. The predicted octanol–water partition coefficient (Wildman–Crippen LogP) is 2.71. The minimum Gasteiger partial charge on any atom is -0.383 e. The van der Waals surface area contributed by atoms with Crippen LogP contribution in [0.3, 0.4) is 0 Å². The third kappa shape index (κ3) is 4.20. The molecule has 0 atom stereocenters. The van der Waals surface area contributed by atoms with Crippen LogP contribution >= 0.6 is 0 Å². The average molecular weight is 406 g/mol. The van der Waals surface area contributed by atoms with Gasteiger partial charge in [-0.25, -0.2) is 4.79 Å². The van der Waals surface area contributed by atoms with E-state index in [0.29, 0.717) is 6.54 Å². The summed E-state index contributed by atoms with van der Waals surface area (Å²) in [7, 11) is 1.51. The highest BCUT2D eigenvalue weighted by molar-refractivity contribution is 6.01. The van der Waals surface area contributed by atoms with E-state index in [0.717, 1.165) is 24.0 Å². The maximum atomic E-state index is 13.6. The first-order valence-electron chi connectivity index (χ1n) is 9.95. The van der Waals surface area contributed by atoms with E-state index in [1.165, 1.54) is 16.5 Å². The van der Waals surface area contributed by atoms with E-state index in [1.807, 2.05) is 67.6 Å². The number of anilines is 2. The fraction of sp³-hybridized carbons (Fsp3) is 0.261. The summed E-state index contributed by atoms with van der Waals surface area (Å²) in [6.45, 7) is 2.36. The highest BCUT2D eigenvalue weighted by Crippen LogP contribution is 2.29. The molecule has 0 spiro atoms. The van der Waals surface area contributed by atoms with Gasteiger partial charge in [0.2, 0.25) is 5.91 Å². The zero-order valence-electron chi connectivity index (χ0n) is 17.2. The van der Waals surface area contributed by atoms with Gasteiger partial charge in [0.1, 0.15) is 5.82 Å². The molecule has 1 amide bonds. The number of amides is 1. The summed E-state index contributed by atoms with van der Waals surface area (Å²) >= 11 is 0. The topological polar surface area (TPSA) is 101 Å². The zero-order valence-corrected chi connectivity index (χ0v) is 17.2. The van der Waals surface area contributed by atoms with Crippen LogP contribution in [0.5, 0.6) is 0 Å². The zero-order chi connectivity index (χ0) is 21.7. The van der Waals surface area contributed by atoms with Gasteiger partial charge in [-0.05, 0) is 17.5 Å². The lowest BCUT2D eigenvalue weighted by Gasteiger charge is -2.25. The summed E-state index contributed by atoms with van der Waals surface area (Å²) in [6, 6.07) is 18.7. The number of benzene rings is 2. The van der Waals surface area contributed by atoms with Gasteiger partial charge in [0.25, 0.3) is 5.56 Å². The minimum atomic E-state index is -0.680. The summed E-state index contributed by atoms with van der Waals surface area (Å²) in [5.41, 5.74) is 6.52. The van der Waals surface area contributed by atoms with Crippen LogP contribution in [0.25, 0.3) is 0 Å². The second-order valence-corrected chi connectivity index (χ2v) is 7.15. The molecule has 156 valence electrons. The van der Waals surface area contributed by atoms with Crippen molar-refractivity contribution >= 4 is 17.4 Å². The van der Waals surface area contributed by atoms with Gasteiger partial charge in [0.05, 0.1) is 5.92 Å². The molecule has 1 heterocycles. The number of unbranched alkanes of at least 4 members (excludes halogenated alkanes) is 1. The summed E-state index contributed by atoms with van der Waals surface area (Å²) in [4.78, 5) is 41.9. The molecule has 0 radical (unpaired) electrons. The molecule has 0 aliphatic carbocycles. The van der Waals surface area contributed by atoms with Gasteiger partial charge in [-0.15, -0.1) is 0 Å². The third-order valence-corrected chi connectivity index (χ3v) is 5.13. The average Bonchev–Trinajstić information content (AvgIpc) is 2.75. The first-order chi connectivity index (χ1) is 14.5. The molecule has 0 fully saturated rings. The van der Waals surface area contributed by atoms with E-state index < -0.39 is 17.2 Å². The number of hydrogen-bond donors (Lipinski definition) is 2. The van der Waals surface area contributed by atoms with Gasteiger partial charge < -0.3 is 10.6 Å². The molecular formula is C23H26N4O3. The van der Waals surface area contributed by atoms with E-state index in [9.17, 15) is 14.4 Å². The Labute approximate surface area is 174 Å². The smallest absolute Gasteiger partial charge is 0.330 e. The second-order valence-electron chi connectivity index (χ2n) is 7.15. The van der Waals surface area contributed by atoms with Gasteiger partial charge in [0, 0.05) is 13.6 Å². The Hall–Kier alpha value is -3.61. The Morgan fingerprint density at radius 2 is 1.57 bits per heavy atom. The molecular weight excluding hydrogens is 380 g/mol. The molecule has 0 aliphatic rings. The van der Waals surface area contributed by atoms with Gasteiger partial charge >= 0.3 is 5.69 Å². The predicted molar refractivity (Wildman–Crippen MR) is 119 cm³/mol. The Morgan fingerprint density at radius 1 is 1.03 bits per heavy atom. The van der Waals surface area contributed by atoms with Crippen molar-refractivity contribution in [2.24, 2.45) is 0 Å². The van der Waals surface area contributed by atoms with Crippen molar-refractivity contribution in [3.63, 3.8) is 0 Å². The number of carbonyl (C=O) groups excluding carboxylic acids is 1. The van der Waals surface area contributed by atoms with E-state index >= 15 is 0 Å². The number of nitrogen functional groups attached to an aromatic ring is 1. The highest BCUT2D eigenvalue weighted by Gasteiger charge is 2.29. The van der Waals surface area contributed by atoms with Crippen LogP contribution in [0.15, 0.2) is 70.3 Å². The molecule has 3 N–H and O–H groups in total. The normalized spacial score (nSPS) is 10.9. The van der Waals surface area contributed by atoms with Crippen LogP contribution in [0.4, 0.5) is 11.5 Å². The van der Waals surface area contributed by atoms with E-state index in [-0.39, 0.29) is 17.4 Å². The molecule has 3 aromatic rings. The van der Waals surface area contributed by atoms with Gasteiger partial charge in [-0.2, -0.15) is 0 Å². The summed E-state index contributed by atoms with van der Waals surface area (Å²) < 4.78 is 1.31. The van der Waals surface area contributed by atoms with Crippen LogP contribution in [0.1, 0.15) is 36.8 Å². The summed E-state index contributed by atoms with van der Waals surface area (Å²) in [6.07, 6.45) is 1.59. The molecule has 0 saturated carbocycles. The van der Waals surface area contributed by atoms with Gasteiger partial charge in [0.15, 0.2) is 5.69 Å². The van der Waals surface area contributed by atoms with Crippen molar-refractivity contribution in [2.45, 2.75) is 32.2 Å². The number of likely N-dealkylation sites (N-methyl/N-ethyl adjacent to an activating group) is 1. The number of nitrogens with one attached hydrogen (secondary N) is 1. The fourth-order valence-corrected chi connectivity index (χ4v) is 3.51. The number of H-pyrrole nitrogens is 1. The van der Waals surface area contributed by atoms with Gasteiger partial charge in [-0.1, -0.05) is 74.0 Å². The summed E-state index contributed by atoms with van der Waals surface area (Å²) in [5, 5.41) is 0. The lowest BCUT2D eigenvalue weighted by atomic mass is 9.90. The van der Waals surface area contributed by atoms with Gasteiger partial charge in [-0.3, -0.25) is 19.1 Å². The molecule has 7 heteroatoms.